The van der Waals surface area contributed by atoms with Crippen molar-refractivity contribution in [1.82, 2.24) is 5.32 Å². The van der Waals surface area contributed by atoms with E-state index in [4.69, 9.17) is 0 Å². The highest BCUT2D eigenvalue weighted by molar-refractivity contribution is 14.1. The van der Waals surface area contributed by atoms with Gasteiger partial charge in [-0.25, -0.2) is 0 Å². The molecule has 0 aliphatic rings. The number of anilines is 2. The van der Waals surface area contributed by atoms with Gasteiger partial charge in [-0.15, -0.1) is 11.8 Å². The molecule has 0 radical (unpaired) electrons. The SMILES string of the molecule is O=C(CSc1cccc(NC(=O)/C(=C/c2ccc(Br)cc2)NC(=O)c2ccccc2)c1)Nc1ccc(I)cc1. The molecular weight excluding hydrogens is 689 g/mol. The molecule has 3 amide bonds. The number of halogens is 2. The van der Waals surface area contributed by atoms with E-state index in [-0.39, 0.29) is 17.4 Å². The first-order chi connectivity index (χ1) is 18.9. The minimum absolute atomic E-state index is 0.0983. The molecule has 6 nitrogen and oxygen atoms in total. The topological polar surface area (TPSA) is 87.3 Å². The van der Waals surface area contributed by atoms with Crippen LogP contribution >= 0.6 is 50.3 Å². The number of hydrogen-bond acceptors (Lipinski definition) is 4. The molecule has 3 N–H and O–H groups in total. The second-order valence-electron chi connectivity index (χ2n) is 8.26. The van der Waals surface area contributed by atoms with E-state index in [1.165, 1.54) is 11.8 Å². The van der Waals surface area contributed by atoms with E-state index in [1.54, 1.807) is 48.5 Å². The van der Waals surface area contributed by atoms with Crippen LogP contribution in [-0.4, -0.2) is 23.5 Å². The Morgan fingerprint density at radius 3 is 2.23 bits per heavy atom. The molecule has 0 saturated heterocycles. The molecule has 0 unspecified atom stereocenters. The lowest BCUT2D eigenvalue weighted by atomic mass is 10.1. The highest BCUT2D eigenvalue weighted by Gasteiger charge is 2.15. The van der Waals surface area contributed by atoms with Gasteiger partial charge in [0.2, 0.25) is 5.91 Å². The number of amides is 3. The van der Waals surface area contributed by atoms with Crippen LogP contribution < -0.4 is 16.0 Å². The number of carbonyl (C=O) groups excluding carboxylic acids is 3. The lowest BCUT2D eigenvalue weighted by Gasteiger charge is -2.12. The average Bonchev–Trinajstić information content (AvgIpc) is 2.94. The minimum Gasteiger partial charge on any atom is -0.325 e. The van der Waals surface area contributed by atoms with Crippen LogP contribution in [0, 0.1) is 3.57 Å². The number of thioether (sulfide) groups is 1. The molecule has 9 heteroatoms. The summed E-state index contributed by atoms with van der Waals surface area (Å²) < 4.78 is 1.99. The molecule has 0 bridgehead atoms. The molecule has 0 aliphatic heterocycles. The van der Waals surface area contributed by atoms with Crippen molar-refractivity contribution in [2.45, 2.75) is 4.90 Å². The van der Waals surface area contributed by atoms with E-state index in [0.29, 0.717) is 11.3 Å². The molecule has 4 aromatic rings. The van der Waals surface area contributed by atoms with Crippen LogP contribution in [0.25, 0.3) is 6.08 Å². The van der Waals surface area contributed by atoms with Crippen LogP contribution in [0.15, 0.2) is 118 Å². The van der Waals surface area contributed by atoms with Gasteiger partial charge in [0.1, 0.15) is 5.70 Å². The highest BCUT2D eigenvalue weighted by Crippen LogP contribution is 2.23. The van der Waals surface area contributed by atoms with Crippen molar-refractivity contribution in [3.8, 4) is 0 Å². The molecule has 196 valence electrons. The number of nitrogens with one attached hydrogen (secondary N) is 3. The molecule has 0 aromatic heterocycles. The van der Waals surface area contributed by atoms with Gasteiger partial charge in [-0.05, 0) is 101 Å². The fourth-order valence-corrected chi connectivity index (χ4v) is 4.79. The predicted octanol–water partition coefficient (Wildman–Crippen LogP) is 7.19. The lowest BCUT2D eigenvalue weighted by molar-refractivity contribution is -0.114. The number of rotatable bonds is 9. The summed E-state index contributed by atoms with van der Waals surface area (Å²) in [7, 11) is 0. The monoisotopic (exact) mass is 711 g/mol. The summed E-state index contributed by atoms with van der Waals surface area (Å²) in [5.41, 5.74) is 2.57. The number of hydrogen-bond donors (Lipinski definition) is 3. The summed E-state index contributed by atoms with van der Waals surface area (Å²) in [6, 6.07) is 30.9. The van der Waals surface area contributed by atoms with Gasteiger partial charge >= 0.3 is 0 Å². The Hall–Kier alpha value is -3.41. The van der Waals surface area contributed by atoms with Crippen LogP contribution in [0.5, 0.6) is 0 Å². The molecule has 0 aliphatic carbocycles. The highest BCUT2D eigenvalue weighted by atomic mass is 127. The van der Waals surface area contributed by atoms with Crippen molar-refractivity contribution in [1.29, 1.82) is 0 Å². The van der Waals surface area contributed by atoms with E-state index < -0.39 is 11.8 Å². The largest absolute Gasteiger partial charge is 0.325 e. The predicted molar refractivity (Wildman–Crippen MR) is 170 cm³/mol. The van der Waals surface area contributed by atoms with Gasteiger partial charge < -0.3 is 16.0 Å². The van der Waals surface area contributed by atoms with Crippen LogP contribution in [0.2, 0.25) is 0 Å². The Morgan fingerprint density at radius 1 is 0.795 bits per heavy atom. The number of benzene rings is 4. The standard InChI is InChI=1S/C30H23BrIN3O3S/c31-22-11-9-20(10-12-22)17-27(35-29(37)21-5-2-1-3-6-21)30(38)34-25-7-4-8-26(18-25)39-19-28(36)33-24-15-13-23(32)14-16-24/h1-18H,19H2,(H,33,36)(H,34,38)(H,35,37)/b27-17-. The first-order valence-corrected chi connectivity index (χ1v) is 14.6. The van der Waals surface area contributed by atoms with E-state index in [0.717, 1.165) is 24.2 Å². The Labute approximate surface area is 252 Å². The summed E-state index contributed by atoms with van der Waals surface area (Å²) in [6.07, 6.45) is 1.62. The van der Waals surface area contributed by atoms with Crippen molar-refractivity contribution >= 4 is 85.5 Å². The van der Waals surface area contributed by atoms with Crippen molar-refractivity contribution < 1.29 is 14.4 Å². The van der Waals surface area contributed by atoms with E-state index in [9.17, 15) is 14.4 Å². The third-order valence-electron chi connectivity index (χ3n) is 5.30. The minimum atomic E-state index is -0.471. The average molecular weight is 712 g/mol. The third-order valence-corrected chi connectivity index (χ3v) is 7.54. The Bertz CT molecular complexity index is 1490. The quantitative estimate of drug-likeness (QED) is 0.0975. The lowest BCUT2D eigenvalue weighted by Crippen LogP contribution is -2.30. The van der Waals surface area contributed by atoms with E-state index in [1.807, 2.05) is 60.7 Å². The van der Waals surface area contributed by atoms with Crippen LogP contribution in [-0.2, 0) is 9.59 Å². The summed E-state index contributed by atoms with van der Waals surface area (Å²) in [6.45, 7) is 0. The molecule has 0 heterocycles. The molecular formula is C30H23BrIN3O3S. The van der Waals surface area contributed by atoms with Gasteiger partial charge in [0, 0.05) is 29.9 Å². The van der Waals surface area contributed by atoms with E-state index >= 15 is 0 Å². The van der Waals surface area contributed by atoms with Gasteiger partial charge in [-0.2, -0.15) is 0 Å². The van der Waals surface area contributed by atoms with E-state index in [2.05, 4.69) is 54.5 Å². The van der Waals surface area contributed by atoms with Gasteiger partial charge in [0.25, 0.3) is 11.8 Å². The molecule has 0 atom stereocenters. The van der Waals surface area contributed by atoms with Gasteiger partial charge in [0.05, 0.1) is 5.75 Å². The maximum Gasteiger partial charge on any atom is 0.272 e. The Balaban J connectivity index is 1.44. The van der Waals surface area contributed by atoms with Crippen molar-refractivity contribution in [2.75, 3.05) is 16.4 Å². The van der Waals surface area contributed by atoms with Crippen molar-refractivity contribution in [2.24, 2.45) is 0 Å². The maximum absolute atomic E-state index is 13.3. The molecule has 4 rings (SSSR count). The van der Waals surface area contributed by atoms with Gasteiger partial charge in [0.15, 0.2) is 0 Å². The zero-order valence-electron chi connectivity index (χ0n) is 20.5. The molecule has 0 spiro atoms. The maximum atomic E-state index is 13.3. The van der Waals surface area contributed by atoms with Gasteiger partial charge in [-0.3, -0.25) is 14.4 Å². The van der Waals surface area contributed by atoms with Crippen molar-refractivity contribution in [3.05, 3.63) is 128 Å². The van der Waals surface area contributed by atoms with Crippen LogP contribution in [0.1, 0.15) is 15.9 Å². The third kappa shape index (κ3) is 9.09. The first kappa shape index (κ1) is 28.6. The first-order valence-electron chi connectivity index (χ1n) is 11.8. The normalized spacial score (nSPS) is 11.0. The second-order valence-corrected chi connectivity index (χ2v) is 11.5. The number of carbonyl (C=O) groups is 3. The summed E-state index contributed by atoms with van der Waals surface area (Å²) in [4.78, 5) is 39.3. The molecule has 0 fully saturated rings. The van der Waals surface area contributed by atoms with Crippen LogP contribution in [0.4, 0.5) is 11.4 Å². The van der Waals surface area contributed by atoms with Gasteiger partial charge in [-0.1, -0.05) is 52.3 Å². The Morgan fingerprint density at radius 2 is 1.51 bits per heavy atom. The zero-order valence-corrected chi connectivity index (χ0v) is 25.0. The summed E-state index contributed by atoms with van der Waals surface area (Å²) in [5.74, 6) is -0.775. The van der Waals surface area contributed by atoms with Crippen molar-refractivity contribution in [3.63, 3.8) is 0 Å². The molecule has 0 saturated carbocycles. The second kappa shape index (κ2) is 14.1. The smallest absolute Gasteiger partial charge is 0.272 e. The van der Waals surface area contributed by atoms with Crippen LogP contribution in [0.3, 0.4) is 0 Å². The fraction of sp³-hybridized carbons (Fsp3) is 0.0333. The fourth-order valence-electron chi connectivity index (χ4n) is 3.41. The zero-order chi connectivity index (χ0) is 27.6. The Kier molecular flexibility index (Phi) is 10.3. The summed E-state index contributed by atoms with van der Waals surface area (Å²) in [5, 5.41) is 8.47. The summed E-state index contributed by atoms with van der Waals surface area (Å²) >= 11 is 6.98. The molecule has 39 heavy (non-hydrogen) atoms. The molecule has 4 aromatic carbocycles.